The third-order valence-electron chi connectivity index (χ3n) is 3.55. The van der Waals surface area contributed by atoms with Crippen LogP contribution in [0.5, 0.6) is 0 Å². The second-order valence-electron chi connectivity index (χ2n) is 5.19. The van der Waals surface area contributed by atoms with E-state index in [0.29, 0.717) is 18.1 Å². The molecule has 2 rings (SSSR count). The Morgan fingerprint density at radius 1 is 1.47 bits per heavy atom. The number of furan rings is 1. The van der Waals surface area contributed by atoms with Gasteiger partial charge in [-0.3, -0.25) is 0 Å². The van der Waals surface area contributed by atoms with Crippen molar-refractivity contribution in [3.8, 4) is 0 Å². The molecule has 3 heteroatoms. The molecule has 0 saturated carbocycles. The van der Waals surface area contributed by atoms with Crippen molar-refractivity contribution in [1.29, 1.82) is 0 Å². The molecule has 2 heterocycles. The minimum absolute atomic E-state index is 0.295. The van der Waals surface area contributed by atoms with E-state index in [1.54, 1.807) is 6.26 Å². The second-order valence-corrected chi connectivity index (χ2v) is 5.19. The van der Waals surface area contributed by atoms with Crippen molar-refractivity contribution in [2.45, 2.75) is 57.7 Å². The maximum Gasteiger partial charge on any atom is 0.120 e. The van der Waals surface area contributed by atoms with Crippen LogP contribution in [0.15, 0.2) is 22.8 Å². The second kappa shape index (κ2) is 6.22. The average molecular weight is 236 g/mol. The summed E-state index contributed by atoms with van der Waals surface area (Å²) in [5, 5.41) is 7.19. The van der Waals surface area contributed by atoms with Crippen LogP contribution in [0.1, 0.15) is 51.3 Å². The Bertz CT molecular complexity index is 304. The standard InChI is InChI=1S/C14H24N2O/c1-11(10-13-6-3-4-8-15-13)16-12(2)14-7-5-9-17-14/h5,7,9,11-13,15-16H,3-4,6,8,10H2,1-2H3/t11?,12-,13?/m0/s1. The molecule has 1 aliphatic heterocycles. The van der Waals surface area contributed by atoms with Crippen LogP contribution in [0.25, 0.3) is 0 Å². The highest BCUT2D eigenvalue weighted by Gasteiger charge is 2.17. The maximum absolute atomic E-state index is 5.41. The van der Waals surface area contributed by atoms with Crippen molar-refractivity contribution in [2.75, 3.05) is 6.54 Å². The van der Waals surface area contributed by atoms with Crippen LogP contribution in [0.2, 0.25) is 0 Å². The van der Waals surface area contributed by atoms with Crippen molar-refractivity contribution >= 4 is 0 Å². The quantitative estimate of drug-likeness (QED) is 0.825. The first-order chi connectivity index (χ1) is 8.25. The van der Waals surface area contributed by atoms with E-state index in [0.717, 1.165) is 5.76 Å². The van der Waals surface area contributed by atoms with Gasteiger partial charge in [-0.1, -0.05) is 6.42 Å². The monoisotopic (exact) mass is 236 g/mol. The molecule has 1 saturated heterocycles. The molecule has 1 aromatic heterocycles. The van der Waals surface area contributed by atoms with E-state index in [1.165, 1.54) is 32.2 Å². The summed E-state index contributed by atoms with van der Waals surface area (Å²) in [6, 6.07) is 5.48. The van der Waals surface area contributed by atoms with Crippen molar-refractivity contribution in [3.63, 3.8) is 0 Å². The van der Waals surface area contributed by atoms with Crippen LogP contribution < -0.4 is 10.6 Å². The molecule has 96 valence electrons. The van der Waals surface area contributed by atoms with E-state index in [9.17, 15) is 0 Å². The Morgan fingerprint density at radius 3 is 3.00 bits per heavy atom. The van der Waals surface area contributed by atoms with E-state index in [4.69, 9.17) is 4.42 Å². The van der Waals surface area contributed by atoms with Crippen LogP contribution in [0.4, 0.5) is 0 Å². The first-order valence-electron chi connectivity index (χ1n) is 6.78. The third-order valence-corrected chi connectivity index (χ3v) is 3.55. The molecular weight excluding hydrogens is 212 g/mol. The lowest BCUT2D eigenvalue weighted by Gasteiger charge is -2.27. The van der Waals surface area contributed by atoms with Gasteiger partial charge in [-0.05, 0) is 51.8 Å². The normalized spacial score (nSPS) is 24.5. The van der Waals surface area contributed by atoms with E-state index < -0.39 is 0 Å². The molecule has 0 bridgehead atoms. The van der Waals surface area contributed by atoms with Gasteiger partial charge in [-0.2, -0.15) is 0 Å². The summed E-state index contributed by atoms with van der Waals surface area (Å²) in [6.45, 7) is 5.60. The number of rotatable bonds is 5. The fourth-order valence-electron chi connectivity index (χ4n) is 2.67. The zero-order chi connectivity index (χ0) is 12.1. The molecule has 17 heavy (non-hydrogen) atoms. The number of hydrogen-bond acceptors (Lipinski definition) is 3. The molecule has 1 aromatic rings. The lowest BCUT2D eigenvalue weighted by molar-refractivity contribution is 0.322. The Hall–Kier alpha value is -0.800. The van der Waals surface area contributed by atoms with E-state index in [-0.39, 0.29) is 0 Å². The molecule has 0 spiro atoms. The number of piperidine rings is 1. The van der Waals surface area contributed by atoms with Crippen molar-refractivity contribution in [3.05, 3.63) is 24.2 Å². The molecule has 0 radical (unpaired) electrons. The molecule has 1 aliphatic rings. The first kappa shape index (κ1) is 12.7. The van der Waals surface area contributed by atoms with Crippen molar-refractivity contribution in [2.24, 2.45) is 0 Å². The van der Waals surface area contributed by atoms with Crippen LogP contribution in [0.3, 0.4) is 0 Å². The van der Waals surface area contributed by atoms with Gasteiger partial charge in [0.1, 0.15) is 5.76 Å². The highest BCUT2D eigenvalue weighted by Crippen LogP contribution is 2.16. The smallest absolute Gasteiger partial charge is 0.120 e. The highest BCUT2D eigenvalue weighted by atomic mass is 16.3. The molecule has 0 aromatic carbocycles. The number of nitrogens with one attached hydrogen (secondary N) is 2. The van der Waals surface area contributed by atoms with Gasteiger partial charge in [-0.15, -0.1) is 0 Å². The molecule has 2 unspecified atom stereocenters. The largest absolute Gasteiger partial charge is 0.468 e. The van der Waals surface area contributed by atoms with Gasteiger partial charge in [0.25, 0.3) is 0 Å². The lowest BCUT2D eigenvalue weighted by atomic mass is 9.98. The topological polar surface area (TPSA) is 37.2 Å². The van der Waals surface area contributed by atoms with Crippen LogP contribution >= 0.6 is 0 Å². The van der Waals surface area contributed by atoms with Gasteiger partial charge >= 0.3 is 0 Å². The van der Waals surface area contributed by atoms with Crippen LogP contribution in [-0.4, -0.2) is 18.6 Å². The summed E-state index contributed by atoms with van der Waals surface area (Å²) in [5.41, 5.74) is 0. The summed E-state index contributed by atoms with van der Waals surface area (Å²) >= 11 is 0. The summed E-state index contributed by atoms with van der Waals surface area (Å²) in [4.78, 5) is 0. The maximum atomic E-state index is 5.41. The van der Waals surface area contributed by atoms with E-state index in [2.05, 4.69) is 24.5 Å². The van der Waals surface area contributed by atoms with Gasteiger partial charge < -0.3 is 15.1 Å². The fourth-order valence-corrected chi connectivity index (χ4v) is 2.67. The molecule has 2 N–H and O–H groups in total. The number of hydrogen-bond donors (Lipinski definition) is 2. The summed E-state index contributed by atoms with van der Waals surface area (Å²) in [6.07, 6.45) is 6.96. The Labute approximate surface area is 104 Å². The van der Waals surface area contributed by atoms with Crippen molar-refractivity contribution < 1.29 is 4.42 Å². The summed E-state index contributed by atoms with van der Waals surface area (Å²) in [5.74, 6) is 1.02. The van der Waals surface area contributed by atoms with Crippen molar-refractivity contribution in [1.82, 2.24) is 10.6 Å². The van der Waals surface area contributed by atoms with Gasteiger partial charge in [-0.25, -0.2) is 0 Å². The van der Waals surface area contributed by atoms with Crippen LogP contribution in [-0.2, 0) is 0 Å². The molecule has 1 fully saturated rings. The predicted octanol–water partition coefficient (Wildman–Crippen LogP) is 2.85. The Balaban J connectivity index is 1.74. The minimum Gasteiger partial charge on any atom is -0.468 e. The zero-order valence-electron chi connectivity index (χ0n) is 10.9. The summed E-state index contributed by atoms with van der Waals surface area (Å²) < 4.78 is 5.41. The highest BCUT2D eigenvalue weighted by molar-refractivity contribution is 5.03. The minimum atomic E-state index is 0.295. The van der Waals surface area contributed by atoms with E-state index >= 15 is 0 Å². The molecule has 3 nitrogen and oxygen atoms in total. The fraction of sp³-hybridized carbons (Fsp3) is 0.714. The predicted molar refractivity (Wildman–Crippen MR) is 70.0 cm³/mol. The molecule has 3 atom stereocenters. The molecular formula is C14H24N2O. The molecule has 0 amide bonds. The average Bonchev–Trinajstić information content (AvgIpc) is 2.83. The molecule has 0 aliphatic carbocycles. The Morgan fingerprint density at radius 2 is 2.35 bits per heavy atom. The first-order valence-corrected chi connectivity index (χ1v) is 6.78. The van der Waals surface area contributed by atoms with Crippen LogP contribution in [0, 0.1) is 0 Å². The zero-order valence-corrected chi connectivity index (χ0v) is 10.9. The van der Waals surface area contributed by atoms with Gasteiger partial charge in [0.2, 0.25) is 0 Å². The third kappa shape index (κ3) is 3.86. The van der Waals surface area contributed by atoms with Gasteiger partial charge in [0.15, 0.2) is 0 Å². The lowest BCUT2D eigenvalue weighted by Crippen LogP contribution is -2.40. The SMILES string of the molecule is CC(CC1CCCCN1)N[C@@H](C)c1ccco1. The van der Waals surface area contributed by atoms with E-state index in [1.807, 2.05) is 12.1 Å². The Kier molecular flexibility index (Phi) is 4.63. The summed E-state index contributed by atoms with van der Waals surface area (Å²) in [7, 11) is 0. The van der Waals surface area contributed by atoms with Gasteiger partial charge in [0.05, 0.1) is 12.3 Å². The van der Waals surface area contributed by atoms with Gasteiger partial charge in [0, 0.05) is 12.1 Å².